The van der Waals surface area contributed by atoms with E-state index in [9.17, 15) is 25.9 Å². The van der Waals surface area contributed by atoms with Gasteiger partial charge in [-0.3, -0.25) is 9.11 Å². The van der Waals surface area contributed by atoms with E-state index in [2.05, 4.69) is 5.32 Å². The molecule has 0 aromatic heterocycles. The Morgan fingerprint density at radius 1 is 1.04 bits per heavy atom. The summed E-state index contributed by atoms with van der Waals surface area (Å²) in [4.78, 5) is -1.12. The van der Waals surface area contributed by atoms with Gasteiger partial charge in [-0.05, 0) is 36.1 Å². The predicted octanol–water partition coefficient (Wildman–Crippen LogP) is 2.42. The van der Waals surface area contributed by atoms with Gasteiger partial charge < -0.3 is 5.32 Å². The van der Waals surface area contributed by atoms with Crippen LogP contribution in [0.5, 0.6) is 0 Å². The van der Waals surface area contributed by atoms with Crippen LogP contribution in [0.25, 0.3) is 10.8 Å². The number of fused-ring (bicyclic) bond motifs is 3. The zero-order chi connectivity index (χ0) is 18.1. The summed E-state index contributed by atoms with van der Waals surface area (Å²) in [6.45, 7) is 5.81. The Labute approximate surface area is 140 Å². The monoisotopic (exact) mass is 371 g/mol. The summed E-state index contributed by atoms with van der Waals surface area (Å²) in [7, 11) is -9.33. The Kier molecular flexibility index (Phi) is 3.51. The van der Waals surface area contributed by atoms with E-state index in [-0.39, 0.29) is 11.4 Å². The molecule has 9 heteroatoms. The third-order valence-electron chi connectivity index (χ3n) is 4.73. The lowest BCUT2D eigenvalue weighted by Crippen LogP contribution is -2.30. The van der Waals surface area contributed by atoms with Crippen LogP contribution in [0.2, 0.25) is 0 Å². The molecule has 0 saturated heterocycles. The standard InChI is InChI=1S/C15H17NO6S2/c1-8-15(2,3)14-11(16-8)5-4-9-6-10(23(17,18)19)7-12(13(9)14)24(20,21)22/h4-8,16H,1-3H3,(H,17,18,19)(H,20,21,22). The van der Waals surface area contributed by atoms with Crippen molar-refractivity contribution in [2.75, 3.05) is 5.32 Å². The lowest BCUT2D eigenvalue weighted by atomic mass is 9.79. The minimum Gasteiger partial charge on any atom is -0.381 e. The number of hydrogen-bond donors (Lipinski definition) is 3. The van der Waals surface area contributed by atoms with Crippen molar-refractivity contribution >= 4 is 36.7 Å². The lowest BCUT2D eigenvalue weighted by molar-refractivity contribution is 0.480. The van der Waals surface area contributed by atoms with Crippen LogP contribution in [-0.2, 0) is 25.7 Å². The van der Waals surface area contributed by atoms with Crippen molar-refractivity contribution in [2.45, 2.75) is 42.0 Å². The van der Waals surface area contributed by atoms with Crippen molar-refractivity contribution in [3.8, 4) is 0 Å². The Morgan fingerprint density at radius 3 is 2.21 bits per heavy atom. The van der Waals surface area contributed by atoms with Crippen molar-refractivity contribution in [3.63, 3.8) is 0 Å². The van der Waals surface area contributed by atoms with Crippen molar-refractivity contribution in [2.24, 2.45) is 0 Å². The Balaban J connectivity index is 2.56. The van der Waals surface area contributed by atoms with E-state index < -0.39 is 35.4 Å². The average molecular weight is 371 g/mol. The first kappa shape index (κ1) is 17.2. The normalized spacial score (nSPS) is 20.0. The Bertz CT molecular complexity index is 1070. The molecule has 1 unspecified atom stereocenters. The van der Waals surface area contributed by atoms with Crippen LogP contribution in [0.15, 0.2) is 34.1 Å². The molecule has 2 aromatic carbocycles. The van der Waals surface area contributed by atoms with E-state index in [0.29, 0.717) is 10.9 Å². The molecule has 1 aliphatic heterocycles. The molecule has 0 spiro atoms. The van der Waals surface area contributed by atoms with Gasteiger partial charge in [-0.1, -0.05) is 19.9 Å². The van der Waals surface area contributed by atoms with E-state index in [1.807, 2.05) is 20.8 Å². The van der Waals surface area contributed by atoms with Gasteiger partial charge in [0.25, 0.3) is 20.2 Å². The third-order valence-corrected chi connectivity index (χ3v) is 6.44. The van der Waals surface area contributed by atoms with E-state index in [1.54, 1.807) is 12.1 Å². The molecule has 0 fully saturated rings. The second kappa shape index (κ2) is 4.92. The van der Waals surface area contributed by atoms with Gasteiger partial charge in [-0.15, -0.1) is 0 Å². The first-order valence-corrected chi connectivity index (χ1v) is 10.0. The summed E-state index contributed by atoms with van der Waals surface area (Å²) < 4.78 is 65.5. The number of benzene rings is 2. The highest BCUT2D eigenvalue weighted by Crippen LogP contribution is 2.46. The average Bonchev–Trinajstić information content (AvgIpc) is 2.66. The molecule has 2 aromatic rings. The summed E-state index contributed by atoms with van der Waals surface area (Å²) in [6, 6.07) is 5.27. The molecule has 0 aliphatic carbocycles. The summed E-state index contributed by atoms with van der Waals surface area (Å²) in [5, 5.41) is 3.82. The van der Waals surface area contributed by atoms with Crippen molar-refractivity contribution in [1.29, 1.82) is 0 Å². The Morgan fingerprint density at radius 2 is 1.67 bits per heavy atom. The number of nitrogens with one attached hydrogen (secondary N) is 1. The molecule has 7 nitrogen and oxygen atoms in total. The lowest BCUT2D eigenvalue weighted by Gasteiger charge is -2.25. The molecule has 1 aliphatic rings. The van der Waals surface area contributed by atoms with Crippen LogP contribution in [0.4, 0.5) is 5.69 Å². The van der Waals surface area contributed by atoms with Crippen LogP contribution >= 0.6 is 0 Å². The van der Waals surface area contributed by atoms with Gasteiger partial charge >= 0.3 is 0 Å². The molecule has 130 valence electrons. The fraction of sp³-hybridized carbons (Fsp3) is 0.333. The molecule has 0 amide bonds. The predicted molar refractivity (Wildman–Crippen MR) is 89.7 cm³/mol. The Hall–Kier alpha value is -1.68. The van der Waals surface area contributed by atoms with Crippen molar-refractivity contribution < 1.29 is 25.9 Å². The maximum atomic E-state index is 11.9. The molecular formula is C15H17NO6S2. The second-order valence-electron chi connectivity index (χ2n) is 6.55. The highest BCUT2D eigenvalue weighted by molar-refractivity contribution is 7.86. The molecular weight excluding hydrogens is 354 g/mol. The molecule has 24 heavy (non-hydrogen) atoms. The maximum Gasteiger partial charge on any atom is 0.295 e. The van der Waals surface area contributed by atoms with E-state index in [0.717, 1.165) is 11.8 Å². The van der Waals surface area contributed by atoms with Gasteiger partial charge in [0.15, 0.2) is 0 Å². The molecule has 0 bridgehead atoms. The van der Waals surface area contributed by atoms with E-state index >= 15 is 0 Å². The fourth-order valence-electron chi connectivity index (χ4n) is 3.17. The smallest absolute Gasteiger partial charge is 0.295 e. The van der Waals surface area contributed by atoms with Crippen LogP contribution in [-0.4, -0.2) is 32.0 Å². The third kappa shape index (κ3) is 2.48. The molecule has 3 N–H and O–H groups in total. The van der Waals surface area contributed by atoms with Crippen molar-refractivity contribution in [3.05, 3.63) is 29.8 Å². The summed E-state index contributed by atoms with van der Waals surface area (Å²) >= 11 is 0. The van der Waals surface area contributed by atoms with Gasteiger partial charge in [-0.25, -0.2) is 0 Å². The van der Waals surface area contributed by atoms with Gasteiger partial charge in [0, 0.05) is 22.5 Å². The maximum absolute atomic E-state index is 11.9. The van der Waals surface area contributed by atoms with E-state index in [1.165, 1.54) is 6.07 Å². The summed E-state index contributed by atoms with van der Waals surface area (Å²) in [5.41, 5.74) is 0.958. The number of hydrogen-bond acceptors (Lipinski definition) is 5. The topological polar surface area (TPSA) is 121 Å². The molecule has 3 rings (SSSR count). The highest BCUT2D eigenvalue weighted by Gasteiger charge is 2.39. The zero-order valence-electron chi connectivity index (χ0n) is 13.2. The van der Waals surface area contributed by atoms with Crippen LogP contribution in [0.3, 0.4) is 0 Å². The highest BCUT2D eigenvalue weighted by atomic mass is 32.2. The fourth-order valence-corrected chi connectivity index (χ4v) is 4.54. The van der Waals surface area contributed by atoms with E-state index in [4.69, 9.17) is 0 Å². The molecule has 1 heterocycles. The number of anilines is 1. The summed E-state index contributed by atoms with van der Waals surface area (Å²) in [6.07, 6.45) is 0. The first-order chi connectivity index (χ1) is 10.8. The molecule has 1 atom stereocenters. The van der Waals surface area contributed by atoms with Crippen molar-refractivity contribution in [1.82, 2.24) is 0 Å². The minimum atomic E-state index is -4.70. The zero-order valence-corrected chi connectivity index (χ0v) is 14.9. The second-order valence-corrected chi connectivity index (χ2v) is 9.36. The van der Waals surface area contributed by atoms with Gasteiger partial charge in [0.2, 0.25) is 0 Å². The van der Waals surface area contributed by atoms with Crippen LogP contribution < -0.4 is 5.32 Å². The van der Waals surface area contributed by atoms with Gasteiger partial charge in [-0.2, -0.15) is 16.8 Å². The molecule has 0 saturated carbocycles. The van der Waals surface area contributed by atoms with Gasteiger partial charge in [0.05, 0.1) is 4.90 Å². The summed E-state index contributed by atoms with van der Waals surface area (Å²) in [5.74, 6) is 0. The van der Waals surface area contributed by atoms with Crippen LogP contribution in [0, 0.1) is 0 Å². The van der Waals surface area contributed by atoms with Gasteiger partial charge in [0.1, 0.15) is 4.90 Å². The van der Waals surface area contributed by atoms with Crippen LogP contribution in [0.1, 0.15) is 26.3 Å². The molecule has 0 radical (unpaired) electrons. The quantitative estimate of drug-likeness (QED) is 0.693. The first-order valence-electron chi connectivity index (χ1n) is 7.16. The number of rotatable bonds is 2. The largest absolute Gasteiger partial charge is 0.381 e. The SMILES string of the molecule is CC1Nc2ccc3cc(S(=O)(=O)O)cc(S(=O)(=O)O)c3c2C1(C)C. The minimum absolute atomic E-state index is 0.00796.